The molecule has 0 bridgehead atoms. The zero-order valence-corrected chi connectivity index (χ0v) is 20.0. The fourth-order valence-corrected chi connectivity index (χ4v) is 6.83. The van der Waals surface area contributed by atoms with E-state index in [2.05, 4.69) is 5.32 Å². The van der Waals surface area contributed by atoms with Crippen LogP contribution in [-0.2, 0) is 25.4 Å². The Bertz CT molecular complexity index is 960. The lowest BCUT2D eigenvalue weighted by Crippen LogP contribution is -2.61. The number of rotatable bonds is 10. The number of hydrogen-bond donors (Lipinski definition) is 4. The Morgan fingerprint density at radius 2 is 1.97 bits per heavy atom. The van der Waals surface area contributed by atoms with Crippen LogP contribution in [0.3, 0.4) is 0 Å². The van der Waals surface area contributed by atoms with Crippen molar-refractivity contribution in [3.63, 3.8) is 0 Å². The molecule has 0 radical (unpaired) electrons. The summed E-state index contributed by atoms with van der Waals surface area (Å²) >= 11 is 0. The number of aliphatic hydroxyl groups excluding tert-OH is 1. The van der Waals surface area contributed by atoms with Crippen LogP contribution < -0.4 is 11.1 Å². The van der Waals surface area contributed by atoms with E-state index in [0.717, 1.165) is 10.7 Å². The number of carbonyl (C=O) groups is 2. The Morgan fingerprint density at radius 1 is 1.26 bits per heavy atom. The molecule has 2 heterocycles. The number of carbonyl (C=O) groups excluding carboxylic acids is 2. The molecule has 0 aliphatic carbocycles. The molecular weight excluding hydrogens is 460 g/mol. The van der Waals surface area contributed by atoms with Crippen molar-refractivity contribution in [2.75, 3.05) is 32.8 Å². The summed E-state index contributed by atoms with van der Waals surface area (Å²) in [6, 6.07) is 6.51. The summed E-state index contributed by atoms with van der Waals surface area (Å²) in [5.74, 6) is -0.949. The fraction of sp³-hybridized carbons (Fsp3) is 0.591. The maximum absolute atomic E-state index is 13.7. The van der Waals surface area contributed by atoms with Gasteiger partial charge in [0.15, 0.2) is 5.96 Å². The van der Waals surface area contributed by atoms with Crippen LogP contribution >= 0.6 is 0 Å². The third-order valence-electron chi connectivity index (χ3n) is 6.47. The first-order chi connectivity index (χ1) is 16.3. The van der Waals surface area contributed by atoms with E-state index in [1.54, 1.807) is 40.1 Å². The molecule has 3 atom stereocenters. The van der Waals surface area contributed by atoms with E-state index in [-0.39, 0.29) is 30.8 Å². The third-order valence-corrected chi connectivity index (χ3v) is 8.37. The van der Waals surface area contributed by atoms with Crippen LogP contribution in [0, 0.1) is 5.41 Å². The molecule has 0 saturated carbocycles. The van der Waals surface area contributed by atoms with E-state index in [9.17, 15) is 23.1 Å². The number of aliphatic hydroxyl groups is 1. The van der Waals surface area contributed by atoms with Gasteiger partial charge in [0.1, 0.15) is 6.04 Å². The molecule has 2 aliphatic heterocycles. The van der Waals surface area contributed by atoms with Gasteiger partial charge in [-0.05, 0) is 31.2 Å². The predicted octanol–water partition coefficient (Wildman–Crippen LogP) is -0.726. The second-order valence-electron chi connectivity index (χ2n) is 8.75. The lowest BCUT2D eigenvalue weighted by molar-refractivity contribution is -0.138. The van der Waals surface area contributed by atoms with Crippen molar-refractivity contribution in [2.24, 2.45) is 5.73 Å². The molecule has 188 valence electrons. The van der Waals surface area contributed by atoms with Crippen LogP contribution in [0.4, 0.5) is 0 Å². The van der Waals surface area contributed by atoms with Gasteiger partial charge < -0.3 is 26.0 Å². The third kappa shape index (κ3) is 6.05. The molecule has 2 fully saturated rings. The van der Waals surface area contributed by atoms with Crippen LogP contribution in [0.15, 0.2) is 30.3 Å². The summed E-state index contributed by atoms with van der Waals surface area (Å²) in [7, 11) is -4.03. The number of sulfonamides is 1. The summed E-state index contributed by atoms with van der Waals surface area (Å²) in [5, 5.41) is 20.7. The van der Waals surface area contributed by atoms with Crippen molar-refractivity contribution < 1.29 is 23.1 Å². The SMILES string of the molecule is N=C(N)N1CCCC(N(C(CO)C(=O)N2CCCC2CNC=O)S(=O)(=O)Cc2ccccc2)C1. The van der Waals surface area contributed by atoms with Crippen LogP contribution in [0.5, 0.6) is 0 Å². The van der Waals surface area contributed by atoms with Crippen molar-refractivity contribution in [1.82, 2.24) is 19.4 Å². The second kappa shape index (κ2) is 11.6. The minimum absolute atomic E-state index is 0.156. The largest absolute Gasteiger partial charge is 0.394 e. The van der Waals surface area contributed by atoms with Crippen molar-refractivity contribution in [2.45, 2.75) is 49.6 Å². The van der Waals surface area contributed by atoms with Gasteiger partial charge in [-0.2, -0.15) is 4.31 Å². The maximum Gasteiger partial charge on any atom is 0.243 e. The first-order valence-corrected chi connectivity index (χ1v) is 13.1. The van der Waals surface area contributed by atoms with Crippen LogP contribution in [-0.4, -0.2) is 96.8 Å². The van der Waals surface area contributed by atoms with E-state index < -0.39 is 34.6 Å². The molecule has 0 spiro atoms. The Labute approximate surface area is 200 Å². The van der Waals surface area contributed by atoms with Gasteiger partial charge in [0.05, 0.1) is 12.4 Å². The summed E-state index contributed by atoms with van der Waals surface area (Å²) in [5.41, 5.74) is 6.25. The molecule has 3 unspecified atom stereocenters. The standard InChI is InChI=1S/C22H34N6O5S/c23-22(24)26-10-4-9-19(13-26)28(34(32,33)15-17-6-2-1-3-7-17)20(14-29)21(31)27-11-5-8-18(27)12-25-16-30/h1-3,6-7,16,18-20,29H,4-5,8-15H2,(H3,23,24)(H,25,30). The number of hydrogen-bond acceptors (Lipinski definition) is 6. The van der Waals surface area contributed by atoms with Crippen LogP contribution in [0.1, 0.15) is 31.2 Å². The van der Waals surface area contributed by atoms with E-state index in [4.69, 9.17) is 11.1 Å². The molecule has 0 aromatic heterocycles. The van der Waals surface area contributed by atoms with Gasteiger partial charge in [-0.15, -0.1) is 0 Å². The summed E-state index contributed by atoms with van der Waals surface area (Å²) in [6.07, 6.45) is 3.07. The Kier molecular flexibility index (Phi) is 8.86. The highest BCUT2D eigenvalue weighted by Crippen LogP contribution is 2.27. The molecular formula is C22H34N6O5S. The highest BCUT2D eigenvalue weighted by molar-refractivity contribution is 7.88. The van der Waals surface area contributed by atoms with Crippen LogP contribution in [0.25, 0.3) is 0 Å². The van der Waals surface area contributed by atoms with Crippen molar-refractivity contribution in [1.29, 1.82) is 5.41 Å². The minimum atomic E-state index is -4.03. The molecule has 1 aromatic carbocycles. The summed E-state index contributed by atoms with van der Waals surface area (Å²) in [4.78, 5) is 27.5. The zero-order valence-electron chi connectivity index (χ0n) is 19.2. The Balaban J connectivity index is 1.94. The number of benzene rings is 1. The molecule has 12 heteroatoms. The van der Waals surface area contributed by atoms with Crippen molar-refractivity contribution in [3.05, 3.63) is 35.9 Å². The molecule has 11 nitrogen and oxygen atoms in total. The zero-order chi connectivity index (χ0) is 24.7. The number of nitrogens with two attached hydrogens (primary N) is 1. The summed E-state index contributed by atoms with van der Waals surface area (Å²) < 4.78 is 28.6. The predicted molar refractivity (Wildman–Crippen MR) is 127 cm³/mol. The lowest BCUT2D eigenvalue weighted by atomic mass is 10.0. The molecule has 34 heavy (non-hydrogen) atoms. The van der Waals surface area contributed by atoms with Gasteiger partial charge >= 0.3 is 0 Å². The maximum atomic E-state index is 13.7. The fourth-order valence-electron chi connectivity index (χ4n) is 4.90. The first-order valence-electron chi connectivity index (χ1n) is 11.5. The Hall–Kier alpha value is -2.70. The lowest BCUT2D eigenvalue weighted by Gasteiger charge is -2.42. The van der Waals surface area contributed by atoms with Gasteiger partial charge in [-0.25, -0.2) is 8.42 Å². The smallest absolute Gasteiger partial charge is 0.243 e. The summed E-state index contributed by atoms with van der Waals surface area (Å²) in [6.45, 7) is 0.724. The average Bonchev–Trinajstić information content (AvgIpc) is 3.29. The highest BCUT2D eigenvalue weighted by Gasteiger charge is 2.44. The van der Waals surface area contributed by atoms with Gasteiger partial charge in [0.25, 0.3) is 0 Å². The number of amides is 2. The molecule has 5 N–H and O–H groups in total. The normalized spacial score (nSPS) is 21.9. The van der Waals surface area contributed by atoms with Crippen molar-refractivity contribution >= 4 is 28.3 Å². The minimum Gasteiger partial charge on any atom is -0.394 e. The van der Waals surface area contributed by atoms with Gasteiger partial charge in [0.2, 0.25) is 22.3 Å². The number of nitrogens with zero attached hydrogens (tertiary/aromatic N) is 3. The molecule has 1 aromatic rings. The molecule has 2 amide bonds. The number of piperidine rings is 1. The van der Waals surface area contributed by atoms with Crippen molar-refractivity contribution in [3.8, 4) is 0 Å². The first kappa shape index (κ1) is 25.9. The van der Waals surface area contributed by atoms with E-state index >= 15 is 0 Å². The van der Waals surface area contributed by atoms with Crippen LogP contribution in [0.2, 0.25) is 0 Å². The number of nitrogens with one attached hydrogen (secondary N) is 2. The Morgan fingerprint density at radius 3 is 2.62 bits per heavy atom. The van der Waals surface area contributed by atoms with E-state index in [0.29, 0.717) is 44.3 Å². The number of likely N-dealkylation sites (tertiary alicyclic amines) is 2. The quantitative estimate of drug-likeness (QED) is 0.190. The molecule has 3 rings (SSSR count). The monoisotopic (exact) mass is 494 g/mol. The van der Waals surface area contributed by atoms with Gasteiger partial charge in [0, 0.05) is 38.3 Å². The van der Waals surface area contributed by atoms with E-state index in [1.165, 1.54) is 0 Å². The molecule has 2 aliphatic rings. The van der Waals surface area contributed by atoms with Gasteiger partial charge in [-0.1, -0.05) is 30.3 Å². The average molecular weight is 495 g/mol. The number of guanidine groups is 1. The van der Waals surface area contributed by atoms with E-state index in [1.807, 2.05) is 0 Å². The molecule has 2 saturated heterocycles. The second-order valence-corrected chi connectivity index (χ2v) is 10.6. The highest BCUT2D eigenvalue weighted by atomic mass is 32.2. The van der Waals surface area contributed by atoms with Gasteiger partial charge in [-0.3, -0.25) is 15.0 Å². The topological polar surface area (TPSA) is 160 Å².